The van der Waals surface area contributed by atoms with Gasteiger partial charge in [-0.15, -0.1) is 0 Å². The lowest BCUT2D eigenvalue weighted by molar-refractivity contribution is -0.145. The fraction of sp³-hybridized carbons (Fsp3) is 0.667. The number of esters is 1. The standard InChI is InChI=1S/C12H22N2O3/c1-4-10-17-12(16)7-6-11(15)14(5-2)9-8-13-3/h4,13H,1,5-10H2,2-3H3. The first-order chi connectivity index (χ1) is 8.15. The molecule has 0 aliphatic heterocycles. The van der Waals surface area contributed by atoms with Crippen molar-refractivity contribution in [2.75, 3.05) is 33.3 Å². The van der Waals surface area contributed by atoms with Crippen LogP contribution in [0.5, 0.6) is 0 Å². The fourth-order valence-electron chi connectivity index (χ4n) is 1.30. The van der Waals surface area contributed by atoms with Gasteiger partial charge in [0.05, 0.1) is 6.42 Å². The maximum Gasteiger partial charge on any atom is 0.306 e. The van der Waals surface area contributed by atoms with Crippen LogP contribution in [0.25, 0.3) is 0 Å². The largest absolute Gasteiger partial charge is 0.461 e. The molecule has 0 saturated heterocycles. The zero-order valence-corrected chi connectivity index (χ0v) is 10.7. The number of amides is 1. The smallest absolute Gasteiger partial charge is 0.306 e. The van der Waals surface area contributed by atoms with Crippen LogP contribution in [0.4, 0.5) is 0 Å². The van der Waals surface area contributed by atoms with Crippen LogP contribution in [0.1, 0.15) is 19.8 Å². The molecule has 0 aromatic carbocycles. The Morgan fingerprint density at radius 2 is 2.12 bits per heavy atom. The first-order valence-electron chi connectivity index (χ1n) is 5.84. The maximum atomic E-state index is 11.7. The molecule has 0 aromatic rings. The molecule has 0 aromatic heterocycles. The Labute approximate surface area is 103 Å². The van der Waals surface area contributed by atoms with Gasteiger partial charge in [0.1, 0.15) is 6.61 Å². The van der Waals surface area contributed by atoms with Crippen LogP contribution < -0.4 is 5.32 Å². The number of carbonyl (C=O) groups excluding carboxylic acids is 2. The molecule has 0 radical (unpaired) electrons. The molecular weight excluding hydrogens is 220 g/mol. The van der Waals surface area contributed by atoms with Gasteiger partial charge in [-0.1, -0.05) is 12.7 Å². The molecule has 17 heavy (non-hydrogen) atoms. The highest BCUT2D eigenvalue weighted by atomic mass is 16.5. The van der Waals surface area contributed by atoms with Crippen molar-refractivity contribution in [3.8, 4) is 0 Å². The van der Waals surface area contributed by atoms with Gasteiger partial charge in [-0.05, 0) is 14.0 Å². The van der Waals surface area contributed by atoms with E-state index in [-0.39, 0.29) is 31.3 Å². The second-order valence-electron chi connectivity index (χ2n) is 3.55. The Morgan fingerprint density at radius 1 is 1.41 bits per heavy atom. The van der Waals surface area contributed by atoms with Gasteiger partial charge in [0.15, 0.2) is 0 Å². The molecule has 0 aliphatic rings. The molecular formula is C12H22N2O3. The van der Waals surface area contributed by atoms with Crippen molar-refractivity contribution in [2.45, 2.75) is 19.8 Å². The van der Waals surface area contributed by atoms with E-state index in [4.69, 9.17) is 4.74 Å². The van der Waals surface area contributed by atoms with Crippen LogP contribution in [-0.4, -0.2) is 50.1 Å². The summed E-state index contributed by atoms with van der Waals surface area (Å²) in [4.78, 5) is 24.6. The van der Waals surface area contributed by atoms with Gasteiger partial charge in [-0.25, -0.2) is 0 Å². The summed E-state index contributed by atoms with van der Waals surface area (Å²) >= 11 is 0. The molecule has 0 spiro atoms. The minimum absolute atomic E-state index is 0.0155. The van der Waals surface area contributed by atoms with E-state index < -0.39 is 0 Å². The first kappa shape index (κ1) is 15.6. The van der Waals surface area contributed by atoms with Crippen molar-refractivity contribution in [3.63, 3.8) is 0 Å². The molecule has 0 fully saturated rings. The number of carbonyl (C=O) groups is 2. The summed E-state index contributed by atoms with van der Waals surface area (Å²) in [7, 11) is 1.84. The van der Waals surface area contributed by atoms with Crippen molar-refractivity contribution < 1.29 is 14.3 Å². The lowest BCUT2D eigenvalue weighted by Crippen LogP contribution is -2.36. The number of ether oxygens (including phenoxy) is 1. The van der Waals surface area contributed by atoms with Crippen LogP contribution in [0, 0.1) is 0 Å². The van der Waals surface area contributed by atoms with E-state index in [1.165, 1.54) is 6.08 Å². The summed E-state index contributed by atoms with van der Waals surface area (Å²) in [5.41, 5.74) is 0. The van der Waals surface area contributed by atoms with Crippen LogP contribution in [0.3, 0.4) is 0 Å². The Balaban J connectivity index is 3.88. The van der Waals surface area contributed by atoms with Gasteiger partial charge < -0.3 is 15.0 Å². The molecule has 0 saturated carbocycles. The quantitative estimate of drug-likeness (QED) is 0.474. The summed E-state index contributed by atoms with van der Waals surface area (Å²) < 4.78 is 4.80. The Bertz CT molecular complexity index is 254. The number of nitrogens with zero attached hydrogens (tertiary/aromatic N) is 1. The van der Waals surface area contributed by atoms with Gasteiger partial charge in [0.2, 0.25) is 5.91 Å². The topological polar surface area (TPSA) is 58.6 Å². The Kier molecular flexibility index (Phi) is 9.05. The minimum atomic E-state index is -0.358. The van der Waals surface area contributed by atoms with E-state index in [0.717, 1.165) is 6.54 Å². The normalized spacial score (nSPS) is 9.76. The second kappa shape index (κ2) is 9.84. The van der Waals surface area contributed by atoms with Gasteiger partial charge in [-0.3, -0.25) is 9.59 Å². The Hall–Kier alpha value is -1.36. The third-order valence-electron chi connectivity index (χ3n) is 2.27. The minimum Gasteiger partial charge on any atom is -0.461 e. The molecule has 0 rings (SSSR count). The van der Waals surface area contributed by atoms with Gasteiger partial charge in [0, 0.05) is 26.1 Å². The summed E-state index contributed by atoms with van der Waals surface area (Å²) in [6.45, 7) is 7.63. The highest BCUT2D eigenvalue weighted by Gasteiger charge is 2.13. The summed E-state index contributed by atoms with van der Waals surface area (Å²) in [6.07, 6.45) is 1.83. The lowest BCUT2D eigenvalue weighted by atomic mass is 10.2. The van der Waals surface area contributed by atoms with Gasteiger partial charge in [-0.2, -0.15) is 0 Å². The molecule has 1 amide bonds. The molecule has 98 valence electrons. The molecule has 5 heteroatoms. The maximum absolute atomic E-state index is 11.7. The highest BCUT2D eigenvalue weighted by Crippen LogP contribution is 1.99. The third-order valence-corrected chi connectivity index (χ3v) is 2.27. The second-order valence-corrected chi connectivity index (χ2v) is 3.55. The molecule has 1 N–H and O–H groups in total. The van der Waals surface area contributed by atoms with Gasteiger partial charge in [0.25, 0.3) is 0 Å². The van der Waals surface area contributed by atoms with E-state index in [2.05, 4.69) is 11.9 Å². The molecule has 0 heterocycles. The number of hydrogen-bond donors (Lipinski definition) is 1. The zero-order chi connectivity index (χ0) is 13.1. The number of hydrogen-bond acceptors (Lipinski definition) is 4. The van der Waals surface area contributed by atoms with Crippen LogP contribution in [0.15, 0.2) is 12.7 Å². The predicted molar refractivity (Wildman–Crippen MR) is 66.6 cm³/mol. The summed E-state index contributed by atoms with van der Waals surface area (Å²) in [5.74, 6) is -0.374. The van der Waals surface area contributed by atoms with Gasteiger partial charge >= 0.3 is 5.97 Å². The molecule has 0 aliphatic carbocycles. The van der Waals surface area contributed by atoms with Crippen molar-refractivity contribution in [1.82, 2.24) is 10.2 Å². The molecule has 5 nitrogen and oxygen atoms in total. The summed E-state index contributed by atoms with van der Waals surface area (Å²) in [5, 5.41) is 2.98. The van der Waals surface area contributed by atoms with E-state index >= 15 is 0 Å². The van der Waals surface area contributed by atoms with E-state index in [1.54, 1.807) is 4.90 Å². The predicted octanol–water partition coefficient (Wildman–Crippen LogP) is 0.564. The van der Waals surface area contributed by atoms with Crippen molar-refractivity contribution >= 4 is 11.9 Å². The monoisotopic (exact) mass is 242 g/mol. The zero-order valence-electron chi connectivity index (χ0n) is 10.7. The number of likely N-dealkylation sites (N-methyl/N-ethyl adjacent to an activating group) is 2. The molecule has 0 unspecified atom stereocenters. The lowest BCUT2D eigenvalue weighted by Gasteiger charge is -2.20. The number of rotatable bonds is 9. The average molecular weight is 242 g/mol. The SMILES string of the molecule is C=CCOC(=O)CCC(=O)N(CC)CCNC. The van der Waals surface area contributed by atoms with Crippen LogP contribution >= 0.6 is 0 Å². The third kappa shape index (κ3) is 7.52. The van der Waals surface area contributed by atoms with E-state index in [1.807, 2.05) is 14.0 Å². The van der Waals surface area contributed by atoms with Crippen LogP contribution in [-0.2, 0) is 14.3 Å². The molecule has 0 atom stereocenters. The van der Waals surface area contributed by atoms with E-state index in [9.17, 15) is 9.59 Å². The van der Waals surface area contributed by atoms with Crippen molar-refractivity contribution in [1.29, 1.82) is 0 Å². The highest BCUT2D eigenvalue weighted by molar-refractivity contribution is 5.81. The van der Waals surface area contributed by atoms with Crippen molar-refractivity contribution in [2.24, 2.45) is 0 Å². The fourth-order valence-corrected chi connectivity index (χ4v) is 1.30. The first-order valence-corrected chi connectivity index (χ1v) is 5.84. The van der Waals surface area contributed by atoms with Crippen LogP contribution in [0.2, 0.25) is 0 Å². The number of nitrogens with one attached hydrogen (secondary N) is 1. The van der Waals surface area contributed by atoms with Crippen molar-refractivity contribution in [3.05, 3.63) is 12.7 Å². The van der Waals surface area contributed by atoms with E-state index in [0.29, 0.717) is 13.1 Å². The summed E-state index contributed by atoms with van der Waals surface area (Å²) in [6, 6.07) is 0. The molecule has 0 bridgehead atoms. The average Bonchev–Trinajstić information content (AvgIpc) is 2.34. The Morgan fingerprint density at radius 3 is 2.65 bits per heavy atom.